The third-order valence-corrected chi connectivity index (χ3v) is 4.08. The fourth-order valence-electron chi connectivity index (χ4n) is 2.81. The van der Waals surface area contributed by atoms with Gasteiger partial charge in [-0.15, -0.1) is 0 Å². The van der Waals surface area contributed by atoms with Crippen molar-refractivity contribution in [1.82, 2.24) is 19.5 Å². The van der Waals surface area contributed by atoms with Gasteiger partial charge in [0, 0.05) is 0 Å². The summed E-state index contributed by atoms with van der Waals surface area (Å²) in [5, 5.41) is 20.6. The second-order valence-electron chi connectivity index (χ2n) is 7.55. The number of carbonyl (C=O) groups excluding carboxylic acids is 1. The number of imidazole rings is 1. The molecule has 2 aromatic heterocycles. The molecule has 1 fully saturated rings. The molecule has 26 heavy (non-hydrogen) atoms. The standard InChI is InChI=1S/C16H23N5O5/c1-16(2,3)4-9(22)25-5-8-11(23)12(24)15(26-8)21-7-20-10-13(17)18-6-19-14(10)21/h6-8,11-12,15,23-24H,4-5H2,1-3H3,(H2,17,18,19)/t8-,11-,12+,15-/m1/s1. The first-order valence-electron chi connectivity index (χ1n) is 8.27. The Morgan fingerprint density at radius 1 is 1.31 bits per heavy atom. The first kappa shape index (κ1) is 18.5. The Bertz CT molecular complexity index is 802. The summed E-state index contributed by atoms with van der Waals surface area (Å²) in [5.41, 5.74) is 6.29. The van der Waals surface area contributed by atoms with Crippen molar-refractivity contribution in [2.75, 3.05) is 12.3 Å². The van der Waals surface area contributed by atoms with E-state index in [2.05, 4.69) is 15.0 Å². The van der Waals surface area contributed by atoms with Crippen molar-refractivity contribution in [2.45, 2.75) is 51.7 Å². The van der Waals surface area contributed by atoms with Gasteiger partial charge in [-0.1, -0.05) is 20.8 Å². The third kappa shape index (κ3) is 3.62. The van der Waals surface area contributed by atoms with Gasteiger partial charge in [0.05, 0.1) is 12.7 Å². The van der Waals surface area contributed by atoms with Crippen LogP contribution < -0.4 is 5.73 Å². The average molecular weight is 365 g/mol. The van der Waals surface area contributed by atoms with Gasteiger partial charge in [0.2, 0.25) is 0 Å². The number of rotatable bonds is 4. The monoisotopic (exact) mass is 365 g/mol. The second kappa shape index (κ2) is 6.78. The van der Waals surface area contributed by atoms with Crippen molar-refractivity contribution < 1.29 is 24.5 Å². The number of hydrogen-bond donors (Lipinski definition) is 3. The van der Waals surface area contributed by atoms with Gasteiger partial charge in [0.1, 0.15) is 36.8 Å². The van der Waals surface area contributed by atoms with Crippen LogP contribution in [0.2, 0.25) is 0 Å². The van der Waals surface area contributed by atoms with E-state index in [0.717, 1.165) is 0 Å². The number of nitrogens with two attached hydrogens (primary N) is 1. The number of ether oxygens (including phenoxy) is 2. The lowest BCUT2D eigenvalue weighted by Crippen LogP contribution is -2.34. The summed E-state index contributed by atoms with van der Waals surface area (Å²) in [6.45, 7) is 5.61. The molecule has 10 heteroatoms. The highest BCUT2D eigenvalue weighted by Crippen LogP contribution is 2.32. The highest BCUT2D eigenvalue weighted by atomic mass is 16.6. The van der Waals surface area contributed by atoms with Crippen LogP contribution in [0, 0.1) is 5.41 Å². The molecule has 0 spiro atoms. The normalized spacial score (nSPS) is 26.3. The summed E-state index contributed by atoms with van der Waals surface area (Å²) < 4.78 is 12.4. The first-order valence-corrected chi connectivity index (χ1v) is 8.27. The summed E-state index contributed by atoms with van der Waals surface area (Å²) in [6.07, 6.45) is -1.34. The number of nitrogen functional groups attached to an aromatic ring is 1. The van der Waals surface area contributed by atoms with Gasteiger partial charge in [-0.2, -0.15) is 0 Å². The smallest absolute Gasteiger partial charge is 0.306 e. The van der Waals surface area contributed by atoms with Gasteiger partial charge >= 0.3 is 5.97 Å². The zero-order chi connectivity index (χ0) is 19.1. The van der Waals surface area contributed by atoms with E-state index >= 15 is 0 Å². The Hall–Kier alpha value is -2.30. The summed E-state index contributed by atoms with van der Waals surface area (Å²) in [4.78, 5) is 23.9. The molecule has 0 aliphatic carbocycles. The van der Waals surface area contributed by atoms with Gasteiger partial charge in [-0.05, 0) is 5.41 Å². The Morgan fingerprint density at radius 3 is 2.73 bits per heavy atom. The van der Waals surface area contributed by atoms with Gasteiger partial charge in [0.25, 0.3) is 0 Å². The molecule has 0 aromatic carbocycles. The van der Waals surface area contributed by atoms with Gasteiger partial charge < -0.3 is 25.4 Å². The maximum atomic E-state index is 11.9. The van der Waals surface area contributed by atoms with Crippen LogP contribution in [-0.2, 0) is 14.3 Å². The fraction of sp³-hybridized carbons (Fsp3) is 0.625. The van der Waals surface area contributed by atoms with E-state index in [0.29, 0.717) is 11.2 Å². The molecular formula is C16H23N5O5. The zero-order valence-electron chi connectivity index (χ0n) is 14.9. The minimum absolute atomic E-state index is 0.159. The number of carbonyl (C=O) groups is 1. The maximum Gasteiger partial charge on any atom is 0.306 e. The van der Waals surface area contributed by atoms with Crippen LogP contribution in [0.5, 0.6) is 0 Å². The molecule has 142 valence electrons. The van der Waals surface area contributed by atoms with Crippen LogP contribution in [0.25, 0.3) is 11.2 Å². The summed E-state index contributed by atoms with van der Waals surface area (Å²) in [5.74, 6) is -0.186. The van der Waals surface area contributed by atoms with Gasteiger partial charge in [0.15, 0.2) is 17.7 Å². The number of nitrogens with zero attached hydrogens (tertiary/aromatic N) is 4. The molecule has 10 nitrogen and oxygen atoms in total. The molecule has 3 rings (SSSR count). The molecule has 3 heterocycles. The van der Waals surface area contributed by atoms with E-state index in [1.54, 1.807) is 0 Å². The fourth-order valence-corrected chi connectivity index (χ4v) is 2.81. The van der Waals surface area contributed by atoms with Crippen molar-refractivity contribution in [3.05, 3.63) is 12.7 Å². The molecule has 1 aliphatic rings. The summed E-state index contributed by atoms with van der Waals surface area (Å²) >= 11 is 0. The van der Waals surface area contributed by atoms with Crippen LogP contribution in [0.3, 0.4) is 0 Å². The number of anilines is 1. The maximum absolute atomic E-state index is 11.9. The Kier molecular flexibility index (Phi) is 4.82. The van der Waals surface area contributed by atoms with Crippen LogP contribution in [0.1, 0.15) is 33.4 Å². The molecule has 1 aliphatic heterocycles. The zero-order valence-corrected chi connectivity index (χ0v) is 14.9. The van der Waals surface area contributed by atoms with Crippen LogP contribution >= 0.6 is 0 Å². The topological polar surface area (TPSA) is 146 Å². The number of hydrogen-bond acceptors (Lipinski definition) is 9. The van der Waals surface area contributed by atoms with Gasteiger partial charge in [-0.25, -0.2) is 15.0 Å². The minimum Gasteiger partial charge on any atom is -0.463 e. The van der Waals surface area contributed by atoms with Crippen LogP contribution in [-0.4, -0.2) is 60.6 Å². The van der Waals surface area contributed by atoms with E-state index in [1.807, 2.05) is 20.8 Å². The van der Waals surface area contributed by atoms with Crippen molar-refractivity contribution in [3.63, 3.8) is 0 Å². The summed E-state index contributed by atoms with van der Waals surface area (Å²) in [7, 11) is 0. The quantitative estimate of drug-likeness (QED) is 0.637. The molecule has 0 radical (unpaired) electrons. The molecular weight excluding hydrogens is 342 g/mol. The highest BCUT2D eigenvalue weighted by Gasteiger charge is 2.45. The summed E-state index contributed by atoms with van der Waals surface area (Å²) in [6, 6.07) is 0. The van der Waals surface area contributed by atoms with E-state index in [1.165, 1.54) is 17.2 Å². The molecule has 4 N–H and O–H groups in total. The molecule has 1 saturated heterocycles. The SMILES string of the molecule is CC(C)(C)CC(=O)OC[C@H]1O[C@@H](n2cnc3c(N)ncnc32)[C@@H](O)[C@@H]1O. The van der Waals surface area contributed by atoms with Crippen molar-refractivity contribution in [1.29, 1.82) is 0 Å². The van der Waals surface area contributed by atoms with E-state index in [4.69, 9.17) is 15.2 Å². The Balaban J connectivity index is 1.71. The van der Waals surface area contributed by atoms with Crippen molar-refractivity contribution >= 4 is 23.0 Å². The van der Waals surface area contributed by atoms with Crippen LogP contribution in [0.15, 0.2) is 12.7 Å². The Labute approximate surface area is 150 Å². The molecule has 2 aromatic rings. The molecule has 4 atom stereocenters. The van der Waals surface area contributed by atoms with Crippen LogP contribution in [0.4, 0.5) is 5.82 Å². The second-order valence-corrected chi connectivity index (χ2v) is 7.55. The molecule has 0 saturated carbocycles. The van der Waals surface area contributed by atoms with E-state index in [9.17, 15) is 15.0 Å². The lowest BCUT2D eigenvalue weighted by atomic mass is 9.92. The first-order chi connectivity index (χ1) is 12.2. The number of aliphatic hydroxyl groups excluding tert-OH is 2. The molecule has 0 bridgehead atoms. The predicted octanol–water partition coefficient (Wildman–Crippen LogP) is 0.00710. The van der Waals surface area contributed by atoms with Gasteiger partial charge in [-0.3, -0.25) is 9.36 Å². The number of aliphatic hydroxyl groups is 2. The number of aromatic nitrogens is 4. The molecule has 0 amide bonds. The lowest BCUT2D eigenvalue weighted by Gasteiger charge is -2.19. The minimum atomic E-state index is -1.24. The predicted molar refractivity (Wildman–Crippen MR) is 90.7 cm³/mol. The average Bonchev–Trinajstić information content (AvgIpc) is 3.08. The number of esters is 1. The largest absolute Gasteiger partial charge is 0.463 e. The lowest BCUT2D eigenvalue weighted by molar-refractivity contribution is -0.152. The number of fused-ring (bicyclic) bond motifs is 1. The van der Waals surface area contributed by atoms with Crippen molar-refractivity contribution in [2.24, 2.45) is 5.41 Å². The van der Waals surface area contributed by atoms with E-state index in [-0.39, 0.29) is 30.2 Å². The van der Waals surface area contributed by atoms with Crippen molar-refractivity contribution in [3.8, 4) is 0 Å². The third-order valence-electron chi connectivity index (χ3n) is 4.08. The molecule has 0 unspecified atom stereocenters. The highest BCUT2D eigenvalue weighted by molar-refractivity contribution is 5.81. The Morgan fingerprint density at radius 2 is 2.04 bits per heavy atom. The van der Waals surface area contributed by atoms with E-state index < -0.39 is 24.5 Å².